The number of hydrogen-bond acceptors (Lipinski definition) is 5. The first-order chi connectivity index (χ1) is 11.9. The van der Waals surface area contributed by atoms with Crippen LogP contribution in [0.3, 0.4) is 0 Å². The Morgan fingerprint density at radius 3 is 2.28 bits per heavy atom. The fourth-order valence-corrected chi connectivity index (χ4v) is 3.10. The van der Waals surface area contributed by atoms with Crippen LogP contribution in [-0.4, -0.2) is 24.7 Å². The Morgan fingerprint density at radius 2 is 1.72 bits per heavy atom. The van der Waals surface area contributed by atoms with Crippen molar-refractivity contribution in [1.29, 1.82) is 0 Å². The minimum Gasteiger partial charge on any atom is -0.406 e. The van der Waals surface area contributed by atoms with E-state index in [0.29, 0.717) is 11.4 Å². The van der Waals surface area contributed by atoms with Gasteiger partial charge in [-0.3, -0.25) is 4.79 Å². The summed E-state index contributed by atoms with van der Waals surface area (Å²) < 4.78 is 29.1. The number of aromatic nitrogens is 2. The van der Waals surface area contributed by atoms with Gasteiger partial charge in [-0.25, -0.2) is 18.2 Å². The lowest BCUT2D eigenvalue weighted by Gasteiger charge is -2.08. The summed E-state index contributed by atoms with van der Waals surface area (Å²) >= 11 is 6.31. The molecule has 0 aliphatic carbocycles. The van der Waals surface area contributed by atoms with Crippen LogP contribution in [0.25, 0.3) is 16.9 Å². The first kappa shape index (κ1) is 17.2. The number of nitrogens with zero attached hydrogens (tertiary/aromatic N) is 2. The second-order valence-corrected chi connectivity index (χ2v) is 6.94. The van der Waals surface area contributed by atoms with E-state index in [9.17, 15) is 13.2 Å². The van der Waals surface area contributed by atoms with Gasteiger partial charge in [0.2, 0.25) is 10.0 Å². The van der Waals surface area contributed by atoms with Gasteiger partial charge in [0.25, 0.3) is 12.4 Å². The third-order valence-electron chi connectivity index (χ3n) is 3.42. The highest BCUT2D eigenvalue weighted by Crippen LogP contribution is 2.36. The van der Waals surface area contributed by atoms with E-state index in [0.717, 1.165) is 5.56 Å². The molecule has 2 aromatic carbocycles. The molecule has 0 amide bonds. The molecule has 9 heteroatoms. The summed E-state index contributed by atoms with van der Waals surface area (Å²) in [5, 5.41) is 9.45. The number of hydrogen-bond donors (Lipinski definition) is 1. The average Bonchev–Trinajstić information content (AvgIpc) is 2.92. The maximum Gasteiger partial charge on any atom is 0.299 e. The topological polar surface area (TPSA) is 104 Å². The highest BCUT2D eigenvalue weighted by atomic mass is 35.5. The van der Waals surface area contributed by atoms with E-state index >= 15 is 0 Å². The van der Waals surface area contributed by atoms with Crippen molar-refractivity contribution < 1.29 is 17.9 Å². The highest BCUT2D eigenvalue weighted by molar-refractivity contribution is 7.89. The third-order valence-corrected chi connectivity index (χ3v) is 4.68. The zero-order chi connectivity index (χ0) is 18.0. The van der Waals surface area contributed by atoms with E-state index < -0.39 is 10.0 Å². The van der Waals surface area contributed by atoms with Crippen molar-refractivity contribution in [3.8, 4) is 22.8 Å². The molecule has 0 unspecified atom stereocenters. The molecule has 0 saturated carbocycles. The Bertz CT molecular complexity index is 1020. The molecule has 0 aliphatic heterocycles. The summed E-state index contributed by atoms with van der Waals surface area (Å²) in [5.41, 5.74) is 1.77. The smallest absolute Gasteiger partial charge is 0.299 e. The Hall–Kier alpha value is -2.68. The van der Waals surface area contributed by atoms with Crippen LogP contribution in [0.5, 0.6) is 5.88 Å². The average molecular weight is 378 g/mol. The molecule has 0 bridgehead atoms. The van der Waals surface area contributed by atoms with Crippen LogP contribution < -0.4 is 9.88 Å². The molecule has 0 aliphatic rings. The van der Waals surface area contributed by atoms with Gasteiger partial charge in [-0.1, -0.05) is 41.9 Å². The fraction of sp³-hybridized carbons (Fsp3) is 0. The first-order valence-electron chi connectivity index (χ1n) is 6.99. The lowest BCUT2D eigenvalue weighted by Crippen LogP contribution is -2.12. The van der Waals surface area contributed by atoms with Gasteiger partial charge in [0.05, 0.1) is 16.3 Å². The summed E-state index contributed by atoms with van der Waals surface area (Å²) in [6, 6.07) is 14.9. The molecule has 0 spiro atoms. The second kappa shape index (κ2) is 6.67. The SMILES string of the molecule is NS(=O)(=O)c1ccc(-n2nc(OC=O)c(Cl)c2-c2ccccc2)cc1. The lowest BCUT2D eigenvalue weighted by atomic mass is 10.1. The predicted molar refractivity (Wildman–Crippen MR) is 92.1 cm³/mol. The van der Waals surface area contributed by atoms with Crippen molar-refractivity contribution in [1.82, 2.24) is 9.78 Å². The van der Waals surface area contributed by atoms with Gasteiger partial charge in [-0.15, -0.1) is 5.10 Å². The number of halogens is 1. The molecule has 7 nitrogen and oxygen atoms in total. The highest BCUT2D eigenvalue weighted by Gasteiger charge is 2.20. The molecule has 128 valence electrons. The molecule has 0 atom stereocenters. The third kappa shape index (κ3) is 3.41. The standard InChI is InChI=1S/C16H12ClN3O4S/c17-14-15(11-4-2-1-3-5-11)20(19-16(14)24-10-21)12-6-8-13(9-7-12)25(18,22)23/h1-10H,(H2,18,22,23). The Labute approximate surface area is 148 Å². The summed E-state index contributed by atoms with van der Waals surface area (Å²) in [4.78, 5) is 10.6. The van der Waals surface area contributed by atoms with E-state index in [2.05, 4.69) is 5.10 Å². The number of primary sulfonamides is 1. The maximum atomic E-state index is 11.4. The van der Waals surface area contributed by atoms with Crippen molar-refractivity contribution >= 4 is 28.1 Å². The van der Waals surface area contributed by atoms with Gasteiger partial charge in [0.15, 0.2) is 0 Å². The van der Waals surface area contributed by atoms with Gasteiger partial charge >= 0.3 is 0 Å². The molecule has 0 saturated heterocycles. The van der Waals surface area contributed by atoms with Gasteiger partial charge < -0.3 is 4.74 Å². The van der Waals surface area contributed by atoms with E-state index in [-0.39, 0.29) is 22.3 Å². The zero-order valence-electron chi connectivity index (χ0n) is 12.7. The van der Waals surface area contributed by atoms with Gasteiger partial charge in [-0.2, -0.15) is 0 Å². The van der Waals surface area contributed by atoms with Crippen molar-refractivity contribution in [2.75, 3.05) is 0 Å². The van der Waals surface area contributed by atoms with Crippen molar-refractivity contribution in [2.45, 2.75) is 4.90 Å². The van der Waals surface area contributed by atoms with Crippen molar-refractivity contribution in [3.05, 3.63) is 59.6 Å². The van der Waals surface area contributed by atoms with Gasteiger partial charge in [0.1, 0.15) is 5.02 Å². The number of carbonyl (C=O) groups is 1. The quantitative estimate of drug-likeness (QED) is 0.687. The number of sulfonamides is 1. The number of rotatable bonds is 5. The molecule has 2 N–H and O–H groups in total. The molecule has 3 aromatic rings. The van der Waals surface area contributed by atoms with Crippen molar-refractivity contribution in [2.24, 2.45) is 5.14 Å². The van der Waals surface area contributed by atoms with Crippen LogP contribution in [0.2, 0.25) is 5.02 Å². The van der Waals surface area contributed by atoms with Crippen LogP contribution in [0, 0.1) is 0 Å². The molecule has 25 heavy (non-hydrogen) atoms. The molecular weight excluding hydrogens is 366 g/mol. The van der Waals surface area contributed by atoms with Crippen LogP contribution in [-0.2, 0) is 14.8 Å². The van der Waals surface area contributed by atoms with Crippen LogP contribution in [0.15, 0.2) is 59.5 Å². The molecule has 1 aromatic heterocycles. The van der Waals surface area contributed by atoms with Crippen LogP contribution in [0.1, 0.15) is 0 Å². The van der Waals surface area contributed by atoms with E-state index in [1.165, 1.54) is 28.9 Å². The number of nitrogens with two attached hydrogens (primary N) is 1. The Kier molecular flexibility index (Phi) is 4.58. The Balaban J connectivity index is 2.18. The number of benzene rings is 2. The maximum absolute atomic E-state index is 11.4. The molecule has 0 fully saturated rings. The summed E-state index contributed by atoms with van der Waals surface area (Å²) in [6.45, 7) is 0.234. The summed E-state index contributed by atoms with van der Waals surface area (Å²) in [5.74, 6) is -0.0500. The largest absolute Gasteiger partial charge is 0.406 e. The van der Waals surface area contributed by atoms with E-state index in [1.54, 1.807) is 0 Å². The van der Waals surface area contributed by atoms with Crippen LogP contribution >= 0.6 is 11.6 Å². The van der Waals surface area contributed by atoms with E-state index in [1.807, 2.05) is 30.3 Å². The minimum absolute atomic E-state index is 0.0277. The summed E-state index contributed by atoms with van der Waals surface area (Å²) in [6.07, 6.45) is 0. The minimum atomic E-state index is -3.80. The summed E-state index contributed by atoms with van der Waals surface area (Å²) in [7, 11) is -3.80. The normalized spacial score (nSPS) is 11.3. The second-order valence-electron chi connectivity index (χ2n) is 5.00. The lowest BCUT2D eigenvalue weighted by molar-refractivity contribution is -0.120. The first-order valence-corrected chi connectivity index (χ1v) is 8.91. The molecule has 0 radical (unpaired) electrons. The Morgan fingerprint density at radius 1 is 1.08 bits per heavy atom. The molecular formula is C16H12ClN3O4S. The van der Waals surface area contributed by atoms with Crippen LogP contribution in [0.4, 0.5) is 0 Å². The van der Waals surface area contributed by atoms with Crippen molar-refractivity contribution in [3.63, 3.8) is 0 Å². The monoisotopic (exact) mass is 377 g/mol. The van der Waals surface area contributed by atoms with E-state index in [4.69, 9.17) is 21.5 Å². The molecule has 1 heterocycles. The zero-order valence-corrected chi connectivity index (χ0v) is 14.2. The van der Waals surface area contributed by atoms with Gasteiger partial charge in [0, 0.05) is 5.56 Å². The number of ether oxygens (including phenoxy) is 1. The number of carbonyl (C=O) groups excluding carboxylic acids is 1. The predicted octanol–water partition coefficient (Wildman–Crippen LogP) is 2.38. The van der Waals surface area contributed by atoms with Gasteiger partial charge in [-0.05, 0) is 24.3 Å². The molecule has 3 rings (SSSR count). The fourth-order valence-electron chi connectivity index (χ4n) is 2.31.